The lowest BCUT2D eigenvalue weighted by Gasteiger charge is -2.29. The summed E-state index contributed by atoms with van der Waals surface area (Å²) in [6.45, 7) is 5.10. The summed E-state index contributed by atoms with van der Waals surface area (Å²) in [6, 6.07) is 2.61. The SMILES string of the molecule is CC(C)n1ccc(CC(NN)C2CCCCO2)n1. The van der Waals surface area contributed by atoms with Crippen LogP contribution in [0.4, 0.5) is 0 Å². The van der Waals surface area contributed by atoms with E-state index in [9.17, 15) is 0 Å². The molecule has 0 aromatic carbocycles. The second kappa shape index (κ2) is 6.31. The first kappa shape index (κ1) is 13.5. The molecule has 5 heteroatoms. The molecule has 1 aromatic rings. The zero-order chi connectivity index (χ0) is 13.0. The van der Waals surface area contributed by atoms with E-state index < -0.39 is 0 Å². The summed E-state index contributed by atoms with van der Waals surface area (Å²) < 4.78 is 7.76. The Bertz CT molecular complexity index is 358. The quantitative estimate of drug-likeness (QED) is 0.614. The number of hydrazine groups is 1. The van der Waals surface area contributed by atoms with Crippen LogP contribution in [0.2, 0.25) is 0 Å². The molecule has 0 bridgehead atoms. The van der Waals surface area contributed by atoms with E-state index >= 15 is 0 Å². The van der Waals surface area contributed by atoms with Crippen LogP contribution in [0.25, 0.3) is 0 Å². The van der Waals surface area contributed by atoms with Gasteiger partial charge in [0.25, 0.3) is 0 Å². The molecule has 2 rings (SSSR count). The van der Waals surface area contributed by atoms with Crippen LogP contribution in [0.15, 0.2) is 12.3 Å². The first-order valence-corrected chi connectivity index (χ1v) is 6.82. The summed E-state index contributed by atoms with van der Waals surface area (Å²) in [7, 11) is 0. The van der Waals surface area contributed by atoms with Crippen molar-refractivity contribution in [3.63, 3.8) is 0 Å². The molecule has 0 radical (unpaired) electrons. The Morgan fingerprint density at radius 3 is 2.94 bits per heavy atom. The molecule has 1 saturated heterocycles. The van der Waals surface area contributed by atoms with Crippen molar-refractivity contribution in [2.75, 3.05) is 6.61 Å². The maximum Gasteiger partial charge on any atom is 0.0745 e. The highest BCUT2D eigenvalue weighted by Crippen LogP contribution is 2.18. The number of nitrogens with two attached hydrogens (primary N) is 1. The standard InChI is InChI=1S/C13H24N4O/c1-10(2)17-7-6-11(16-17)9-12(15-14)13-5-3-4-8-18-13/h6-7,10,12-13,15H,3-5,8-9,14H2,1-2H3. The molecule has 3 N–H and O–H groups in total. The van der Waals surface area contributed by atoms with Gasteiger partial charge < -0.3 is 4.74 Å². The second-order valence-corrected chi connectivity index (χ2v) is 5.26. The molecule has 0 aliphatic carbocycles. The van der Waals surface area contributed by atoms with E-state index in [1.54, 1.807) is 0 Å². The average molecular weight is 252 g/mol. The van der Waals surface area contributed by atoms with Gasteiger partial charge in [-0.1, -0.05) is 0 Å². The largest absolute Gasteiger partial charge is 0.377 e. The minimum atomic E-state index is 0.154. The maximum absolute atomic E-state index is 5.78. The van der Waals surface area contributed by atoms with Gasteiger partial charge in [0.1, 0.15) is 0 Å². The lowest BCUT2D eigenvalue weighted by atomic mass is 9.99. The summed E-state index contributed by atoms with van der Waals surface area (Å²) >= 11 is 0. The lowest BCUT2D eigenvalue weighted by Crippen LogP contribution is -2.47. The van der Waals surface area contributed by atoms with Crippen molar-refractivity contribution in [1.82, 2.24) is 15.2 Å². The first-order valence-electron chi connectivity index (χ1n) is 6.82. The van der Waals surface area contributed by atoms with Crippen molar-refractivity contribution in [2.24, 2.45) is 5.84 Å². The molecular formula is C13H24N4O. The van der Waals surface area contributed by atoms with Gasteiger partial charge in [-0.3, -0.25) is 16.0 Å². The van der Waals surface area contributed by atoms with Gasteiger partial charge in [-0.15, -0.1) is 0 Å². The van der Waals surface area contributed by atoms with E-state index in [-0.39, 0.29) is 12.1 Å². The Hall–Kier alpha value is -0.910. The number of ether oxygens (including phenoxy) is 1. The molecule has 5 nitrogen and oxygen atoms in total. The smallest absolute Gasteiger partial charge is 0.0745 e. The third-order valence-electron chi connectivity index (χ3n) is 3.50. The van der Waals surface area contributed by atoms with Crippen molar-refractivity contribution in [3.05, 3.63) is 18.0 Å². The van der Waals surface area contributed by atoms with Crippen LogP contribution < -0.4 is 11.3 Å². The molecule has 2 atom stereocenters. The molecule has 102 valence electrons. The number of rotatable bonds is 5. The summed E-state index contributed by atoms with van der Waals surface area (Å²) in [5, 5.41) is 4.56. The van der Waals surface area contributed by atoms with Gasteiger partial charge in [0, 0.05) is 25.3 Å². The summed E-state index contributed by atoms with van der Waals surface area (Å²) in [5.41, 5.74) is 3.95. The fraction of sp³-hybridized carbons (Fsp3) is 0.769. The first-order chi connectivity index (χ1) is 8.70. The molecule has 1 aliphatic heterocycles. The van der Waals surface area contributed by atoms with Crippen molar-refractivity contribution >= 4 is 0 Å². The molecule has 18 heavy (non-hydrogen) atoms. The normalized spacial score (nSPS) is 22.3. The highest BCUT2D eigenvalue weighted by Gasteiger charge is 2.24. The van der Waals surface area contributed by atoms with Gasteiger partial charge in [0.05, 0.1) is 17.8 Å². The average Bonchev–Trinajstić information content (AvgIpc) is 2.86. The van der Waals surface area contributed by atoms with Crippen LogP contribution in [0.5, 0.6) is 0 Å². The van der Waals surface area contributed by atoms with Crippen LogP contribution in [0.3, 0.4) is 0 Å². The van der Waals surface area contributed by atoms with Gasteiger partial charge in [-0.2, -0.15) is 5.10 Å². The van der Waals surface area contributed by atoms with E-state index in [0.29, 0.717) is 6.04 Å². The lowest BCUT2D eigenvalue weighted by molar-refractivity contribution is -0.00765. The fourth-order valence-electron chi connectivity index (χ4n) is 2.38. The highest BCUT2D eigenvalue weighted by molar-refractivity contribution is 5.03. The van der Waals surface area contributed by atoms with Crippen molar-refractivity contribution in [2.45, 2.75) is 57.7 Å². The third-order valence-corrected chi connectivity index (χ3v) is 3.50. The highest BCUT2D eigenvalue weighted by atomic mass is 16.5. The molecule has 1 fully saturated rings. The van der Waals surface area contributed by atoms with E-state index in [2.05, 4.69) is 30.4 Å². The van der Waals surface area contributed by atoms with Gasteiger partial charge in [0.15, 0.2) is 0 Å². The van der Waals surface area contributed by atoms with Crippen LogP contribution in [-0.2, 0) is 11.2 Å². The topological polar surface area (TPSA) is 65.1 Å². The zero-order valence-electron chi connectivity index (χ0n) is 11.3. The van der Waals surface area contributed by atoms with Crippen LogP contribution in [0.1, 0.15) is 44.8 Å². The number of hydrogen-bond acceptors (Lipinski definition) is 4. The van der Waals surface area contributed by atoms with E-state index in [0.717, 1.165) is 31.6 Å². The van der Waals surface area contributed by atoms with Crippen LogP contribution in [0, 0.1) is 0 Å². The molecular weight excluding hydrogens is 228 g/mol. The van der Waals surface area contributed by atoms with E-state index in [1.165, 1.54) is 6.42 Å². The van der Waals surface area contributed by atoms with Gasteiger partial charge >= 0.3 is 0 Å². The van der Waals surface area contributed by atoms with Crippen molar-refractivity contribution in [3.8, 4) is 0 Å². The zero-order valence-corrected chi connectivity index (χ0v) is 11.3. The predicted molar refractivity (Wildman–Crippen MR) is 71.0 cm³/mol. The number of nitrogens with one attached hydrogen (secondary N) is 1. The molecule has 1 aliphatic rings. The second-order valence-electron chi connectivity index (χ2n) is 5.26. The Morgan fingerprint density at radius 1 is 1.56 bits per heavy atom. The van der Waals surface area contributed by atoms with E-state index in [4.69, 9.17) is 10.6 Å². The minimum Gasteiger partial charge on any atom is -0.377 e. The Morgan fingerprint density at radius 2 is 2.39 bits per heavy atom. The molecule has 0 spiro atoms. The van der Waals surface area contributed by atoms with Crippen molar-refractivity contribution < 1.29 is 4.74 Å². The summed E-state index contributed by atoms with van der Waals surface area (Å²) in [4.78, 5) is 0. The Labute approximate surface area is 109 Å². The van der Waals surface area contributed by atoms with Gasteiger partial charge in [0.2, 0.25) is 0 Å². The molecule has 2 heterocycles. The van der Waals surface area contributed by atoms with Gasteiger partial charge in [-0.25, -0.2) is 0 Å². The Kier molecular flexibility index (Phi) is 4.74. The molecule has 2 unspecified atom stereocenters. The predicted octanol–water partition coefficient (Wildman–Crippen LogP) is 1.41. The maximum atomic E-state index is 5.78. The van der Waals surface area contributed by atoms with Gasteiger partial charge in [-0.05, 0) is 39.2 Å². The number of hydrogen-bond donors (Lipinski definition) is 2. The minimum absolute atomic E-state index is 0.154. The van der Waals surface area contributed by atoms with E-state index in [1.807, 2.05) is 10.9 Å². The molecule has 0 saturated carbocycles. The monoisotopic (exact) mass is 252 g/mol. The van der Waals surface area contributed by atoms with Crippen molar-refractivity contribution in [1.29, 1.82) is 0 Å². The molecule has 0 amide bonds. The third kappa shape index (κ3) is 3.31. The van der Waals surface area contributed by atoms with Crippen LogP contribution >= 0.6 is 0 Å². The Balaban J connectivity index is 1.95. The fourth-order valence-corrected chi connectivity index (χ4v) is 2.38. The summed E-state index contributed by atoms with van der Waals surface area (Å²) in [6.07, 6.45) is 6.53. The molecule has 1 aromatic heterocycles. The summed E-state index contributed by atoms with van der Waals surface area (Å²) in [5.74, 6) is 5.65. The van der Waals surface area contributed by atoms with Crippen LogP contribution in [-0.4, -0.2) is 28.5 Å². The number of aromatic nitrogens is 2. The number of nitrogens with zero attached hydrogens (tertiary/aromatic N) is 2.